The average Bonchev–Trinajstić information content (AvgIpc) is 3.27. The maximum atomic E-state index is 12.5. The number of carbonyl (C=O) groups is 4. The van der Waals surface area contributed by atoms with Crippen molar-refractivity contribution in [3.05, 3.63) is 42.0 Å². The molecule has 0 saturated heterocycles. The van der Waals surface area contributed by atoms with E-state index < -0.39 is 35.0 Å². The number of rotatable bonds is 4. The minimum Gasteiger partial charge on any atom is -0.481 e. The van der Waals surface area contributed by atoms with Gasteiger partial charge in [-0.15, -0.1) is 0 Å². The lowest BCUT2D eigenvalue weighted by Crippen LogP contribution is -2.48. The molecule has 4 atom stereocenters. The van der Waals surface area contributed by atoms with Crippen LogP contribution in [0.25, 0.3) is 0 Å². The smallest absolute Gasteiger partial charge is 0.307 e. The maximum absolute atomic E-state index is 12.5. The van der Waals surface area contributed by atoms with E-state index in [0.29, 0.717) is 17.7 Å². The lowest BCUT2D eigenvalue weighted by Gasteiger charge is -2.23. The van der Waals surface area contributed by atoms with Gasteiger partial charge in [0.15, 0.2) is 0 Å². The zero-order chi connectivity index (χ0) is 21.3. The number of hydrogen-bond donors (Lipinski definition) is 4. The van der Waals surface area contributed by atoms with Gasteiger partial charge in [0.25, 0.3) is 5.91 Å². The van der Waals surface area contributed by atoms with Crippen LogP contribution in [0.5, 0.6) is 0 Å². The lowest BCUT2D eigenvalue weighted by atomic mass is 9.82. The molecule has 0 spiro atoms. The van der Waals surface area contributed by atoms with Crippen LogP contribution in [-0.2, 0) is 14.4 Å². The first-order valence-electron chi connectivity index (χ1n) is 9.51. The van der Waals surface area contributed by atoms with Crippen LogP contribution < -0.4 is 16.2 Å². The summed E-state index contributed by atoms with van der Waals surface area (Å²) in [7, 11) is 0. The summed E-state index contributed by atoms with van der Waals surface area (Å²) in [5.74, 6) is -3.90. The second-order valence-corrected chi connectivity index (χ2v) is 8.56. The van der Waals surface area contributed by atoms with E-state index in [1.54, 1.807) is 32.9 Å². The fraction of sp³-hybridized carbons (Fsp3) is 0.429. The van der Waals surface area contributed by atoms with E-state index >= 15 is 0 Å². The van der Waals surface area contributed by atoms with Crippen molar-refractivity contribution in [1.29, 1.82) is 0 Å². The Morgan fingerprint density at radius 1 is 0.931 bits per heavy atom. The second kappa shape index (κ2) is 7.69. The zero-order valence-electron chi connectivity index (χ0n) is 16.6. The summed E-state index contributed by atoms with van der Waals surface area (Å²) in [6, 6.07) is 6.25. The molecule has 0 radical (unpaired) electrons. The van der Waals surface area contributed by atoms with Gasteiger partial charge in [0.1, 0.15) is 0 Å². The number of aliphatic carboxylic acids is 1. The summed E-state index contributed by atoms with van der Waals surface area (Å²) in [5.41, 5.74) is 5.00. The molecule has 0 heterocycles. The summed E-state index contributed by atoms with van der Waals surface area (Å²) in [4.78, 5) is 48.3. The van der Waals surface area contributed by atoms with E-state index in [2.05, 4.69) is 16.2 Å². The molecule has 2 aliphatic carbocycles. The predicted molar refractivity (Wildman–Crippen MR) is 105 cm³/mol. The van der Waals surface area contributed by atoms with Crippen molar-refractivity contribution in [2.75, 3.05) is 5.32 Å². The molecule has 3 rings (SSSR count). The quantitative estimate of drug-likeness (QED) is 0.455. The largest absolute Gasteiger partial charge is 0.481 e. The molecule has 4 N–H and O–H groups in total. The Balaban J connectivity index is 1.57. The van der Waals surface area contributed by atoms with Crippen molar-refractivity contribution in [2.45, 2.75) is 27.2 Å². The van der Waals surface area contributed by atoms with E-state index in [0.717, 1.165) is 0 Å². The highest BCUT2D eigenvalue weighted by Crippen LogP contribution is 2.48. The Kier molecular flexibility index (Phi) is 5.46. The SMILES string of the molecule is CC(C)(C)C(=O)Nc1ccc(C(=O)NNC(=O)[C@@H]2[C@H](C(=O)O)[C@H]3C=C[C@H]2C3)cc1. The topological polar surface area (TPSA) is 125 Å². The van der Waals surface area contributed by atoms with Crippen molar-refractivity contribution in [3.63, 3.8) is 0 Å². The lowest BCUT2D eigenvalue weighted by molar-refractivity contribution is -0.148. The first-order chi connectivity index (χ1) is 13.6. The van der Waals surface area contributed by atoms with Gasteiger partial charge in [-0.25, -0.2) is 0 Å². The Bertz CT molecular complexity index is 869. The van der Waals surface area contributed by atoms with Crippen LogP contribution in [0, 0.1) is 29.1 Å². The third-order valence-corrected chi connectivity index (χ3v) is 5.43. The molecule has 1 aromatic rings. The fourth-order valence-electron chi connectivity index (χ4n) is 3.81. The number of hydrazine groups is 1. The van der Waals surface area contributed by atoms with Crippen molar-refractivity contribution in [2.24, 2.45) is 29.1 Å². The Hall–Kier alpha value is -3.16. The second-order valence-electron chi connectivity index (χ2n) is 8.56. The van der Waals surface area contributed by atoms with Gasteiger partial charge in [0.2, 0.25) is 11.8 Å². The summed E-state index contributed by atoms with van der Waals surface area (Å²) in [6.07, 6.45) is 4.37. The molecule has 2 bridgehead atoms. The molecular formula is C21H25N3O5. The van der Waals surface area contributed by atoms with Crippen molar-refractivity contribution < 1.29 is 24.3 Å². The first kappa shape index (κ1) is 20.6. The van der Waals surface area contributed by atoms with Gasteiger partial charge in [-0.2, -0.15) is 0 Å². The number of fused-ring (bicyclic) bond motifs is 2. The number of anilines is 1. The van der Waals surface area contributed by atoms with Crippen LogP contribution in [0.4, 0.5) is 5.69 Å². The van der Waals surface area contributed by atoms with Crippen LogP contribution in [0.2, 0.25) is 0 Å². The summed E-state index contributed by atoms with van der Waals surface area (Å²) >= 11 is 0. The molecular weight excluding hydrogens is 374 g/mol. The van der Waals surface area contributed by atoms with E-state index in [9.17, 15) is 24.3 Å². The van der Waals surface area contributed by atoms with Crippen LogP contribution in [0.3, 0.4) is 0 Å². The number of carboxylic acids is 1. The van der Waals surface area contributed by atoms with E-state index in [1.807, 2.05) is 12.2 Å². The molecule has 3 amide bonds. The van der Waals surface area contributed by atoms with Gasteiger partial charge < -0.3 is 10.4 Å². The number of nitrogens with one attached hydrogen (secondary N) is 3. The van der Waals surface area contributed by atoms with Gasteiger partial charge in [0.05, 0.1) is 11.8 Å². The molecule has 1 fully saturated rings. The van der Waals surface area contributed by atoms with Crippen molar-refractivity contribution in [3.8, 4) is 0 Å². The van der Waals surface area contributed by atoms with Crippen LogP contribution in [0.1, 0.15) is 37.6 Å². The maximum Gasteiger partial charge on any atom is 0.307 e. The number of amides is 3. The Morgan fingerprint density at radius 2 is 1.52 bits per heavy atom. The number of benzene rings is 1. The van der Waals surface area contributed by atoms with Crippen molar-refractivity contribution in [1.82, 2.24) is 10.9 Å². The van der Waals surface area contributed by atoms with Crippen LogP contribution >= 0.6 is 0 Å². The number of carbonyl (C=O) groups excluding carboxylic acids is 3. The molecule has 2 aliphatic rings. The fourth-order valence-corrected chi connectivity index (χ4v) is 3.81. The number of carboxylic acid groups (broad SMARTS) is 1. The monoisotopic (exact) mass is 399 g/mol. The third kappa shape index (κ3) is 4.31. The highest BCUT2D eigenvalue weighted by molar-refractivity contribution is 5.98. The minimum absolute atomic E-state index is 0.122. The molecule has 0 aromatic heterocycles. The first-order valence-corrected chi connectivity index (χ1v) is 9.51. The predicted octanol–water partition coefficient (Wildman–Crippen LogP) is 1.96. The highest BCUT2D eigenvalue weighted by atomic mass is 16.4. The summed E-state index contributed by atoms with van der Waals surface area (Å²) in [6.45, 7) is 5.40. The molecule has 1 saturated carbocycles. The molecule has 154 valence electrons. The molecule has 1 aromatic carbocycles. The van der Waals surface area contributed by atoms with E-state index in [1.165, 1.54) is 12.1 Å². The molecule has 29 heavy (non-hydrogen) atoms. The highest BCUT2D eigenvalue weighted by Gasteiger charge is 2.51. The van der Waals surface area contributed by atoms with Crippen LogP contribution in [-0.4, -0.2) is 28.8 Å². The zero-order valence-corrected chi connectivity index (χ0v) is 16.6. The van der Waals surface area contributed by atoms with Crippen LogP contribution in [0.15, 0.2) is 36.4 Å². The summed E-state index contributed by atoms with van der Waals surface area (Å²) in [5, 5.41) is 12.2. The Morgan fingerprint density at radius 3 is 2.07 bits per heavy atom. The summed E-state index contributed by atoms with van der Waals surface area (Å²) < 4.78 is 0. The standard InChI is InChI=1S/C21H25N3O5/c1-21(2,3)20(29)22-14-8-6-11(7-9-14)17(25)23-24-18(26)15-12-4-5-13(10-12)16(15)19(27)28/h4-9,12-13,15-16H,10H2,1-3H3,(H,22,29)(H,23,25)(H,24,26)(H,27,28)/t12-,13-,15-,16+/m0/s1. The minimum atomic E-state index is -0.999. The number of allylic oxidation sites excluding steroid dienone is 2. The van der Waals surface area contributed by atoms with Gasteiger partial charge in [-0.05, 0) is 42.5 Å². The van der Waals surface area contributed by atoms with Gasteiger partial charge >= 0.3 is 5.97 Å². The van der Waals surface area contributed by atoms with Crippen molar-refractivity contribution >= 4 is 29.4 Å². The molecule has 0 aliphatic heterocycles. The third-order valence-electron chi connectivity index (χ3n) is 5.43. The Labute approximate surface area is 168 Å². The molecule has 8 nitrogen and oxygen atoms in total. The molecule has 8 heteroatoms. The van der Waals surface area contributed by atoms with Gasteiger partial charge in [-0.1, -0.05) is 32.9 Å². The van der Waals surface area contributed by atoms with Gasteiger partial charge in [-0.3, -0.25) is 30.0 Å². The molecule has 0 unspecified atom stereocenters. The van der Waals surface area contributed by atoms with E-state index in [-0.39, 0.29) is 17.7 Å². The van der Waals surface area contributed by atoms with E-state index in [4.69, 9.17) is 0 Å². The van der Waals surface area contributed by atoms with Gasteiger partial charge in [0, 0.05) is 16.7 Å². The average molecular weight is 399 g/mol. The number of hydrogen-bond acceptors (Lipinski definition) is 4. The normalized spacial score (nSPS) is 24.8.